The third-order valence-corrected chi connectivity index (χ3v) is 10.0. The van der Waals surface area contributed by atoms with Crippen molar-refractivity contribution in [2.24, 2.45) is 0 Å². The van der Waals surface area contributed by atoms with Crippen LogP contribution >= 0.6 is 0 Å². The van der Waals surface area contributed by atoms with Crippen LogP contribution in [0.25, 0.3) is 11.1 Å². The second-order valence-electron chi connectivity index (χ2n) is 13.4. The van der Waals surface area contributed by atoms with E-state index in [-0.39, 0.29) is 22.9 Å². The lowest BCUT2D eigenvalue weighted by atomic mass is 9.75. The molecule has 2 heterocycles. The minimum absolute atomic E-state index is 0.140. The number of rotatable bonds is 11. The van der Waals surface area contributed by atoms with Crippen molar-refractivity contribution < 1.29 is 14.1 Å². The Labute approximate surface area is 280 Å². The molecule has 0 spiro atoms. The van der Waals surface area contributed by atoms with Crippen molar-refractivity contribution in [2.45, 2.75) is 77.2 Å². The van der Waals surface area contributed by atoms with E-state index in [1.54, 1.807) is 0 Å². The second kappa shape index (κ2) is 13.6. The molecule has 3 aliphatic rings. The molecule has 2 unspecified atom stereocenters. The molecule has 0 saturated carbocycles. The number of carbonyl (C=O) groups is 1. The van der Waals surface area contributed by atoms with Crippen LogP contribution in [-0.4, -0.2) is 28.9 Å². The summed E-state index contributed by atoms with van der Waals surface area (Å²) in [7, 11) is 0. The summed E-state index contributed by atoms with van der Waals surface area (Å²) in [6.07, 6.45) is 21.4. The number of nitrogens with zero attached hydrogens (tertiary/aromatic N) is 1. The fourth-order valence-electron chi connectivity index (χ4n) is 7.29. The highest BCUT2D eigenvalue weighted by atomic mass is 16.5. The summed E-state index contributed by atoms with van der Waals surface area (Å²) in [5, 5.41) is 3.72. The number of anilines is 1. The minimum atomic E-state index is -0.388. The maximum atomic E-state index is 13.1. The van der Waals surface area contributed by atoms with Crippen molar-refractivity contribution in [3.63, 3.8) is 0 Å². The van der Waals surface area contributed by atoms with Gasteiger partial charge in [0.2, 0.25) is 5.69 Å². The zero-order valence-corrected chi connectivity index (χ0v) is 28.4. The number of hydrogen-bond acceptors (Lipinski definition) is 3. The first-order chi connectivity index (χ1) is 22.8. The maximum Gasteiger partial charge on any atom is 0.306 e. The van der Waals surface area contributed by atoms with Crippen LogP contribution in [0, 0.1) is 6.92 Å². The van der Waals surface area contributed by atoms with Crippen molar-refractivity contribution in [3.8, 4) is 11.1 Å². The molecule has 0 aromatic heterocycles. The summed E-state index contributed by atoms with van der Waals surface area (Å²) in [6.45, 7) is 12.0. The van der Waals surface area contributed by atoms with Crippen LogP contribution in [0.2, 0.25) is 0 Å². The molecule has 6 rings (SSSR count). The molecule has 2 aliphatic heterocycles. The molecule has 1 N–H and O–H groups in total. The average molecular weight is 624 g/mol. The van der Waals surface area contributed by atoms with Crippen molar-refractivity contribution in [1.29, 1.82) is 0 Å². The molecular formula is C43H47N2O2+. The highest BCUT2D eigenvalue weighted by molar-refractivity contribution is 6.04. The summed E-state index contributed by atoms with van der Waals surface area (Å²) in [4.78, 5) is 13.1. The van der Waals surface area contributed by atoms with Gasteiger partial charge >= 0.3 is 5.97 Å². The van der Waals surface area contributed by atoms with Crippen LogP contribution in [0.1, 0.15) is 70.1 Å². The van der Waals surface area contributed by atoms with Crippen LogP contribution in [0.5, 0.6) is 0 Å². The summed E-state index contributed by atoms with van der Waals surface area (Å²) in [5.41, 5.74) is 10.5. The van der Waals surface area contributed by atoms with E-state index in [1.807, 2.05) is 24.3 Å². The fraction of sp³-hybridized carbons (Fsp3) is 0.302. The molecular weight excluding hydrogens is 576 g/mol. The van der Waals surface area contributed by atoms with E-state index in [1.165, 1.54) is 50.6 Å². The van der Waals surface area contributed by atoms with Gasteiger partial charge in [0.15, 0.2) is 5.71 Å². The van der Waals surface area contributed by atoms with Crippen LogP contribution in [0.4, 0.5) is 11.4 Å². The van der Waals surface area contributed by atoms with Gasteiger partial charge in [0.1, 0.15) is 12.6 Å². The Hall–Kier alpha value is -4.70. The van der Waals surface area contributed by atoms with E-state index >= 15 is 0 Å². The second-order valence-corrected chi connectivity index (χ2v) is 13.4. The number of para-hydroxylation sites is 1. The molecule has 2 atom stereocenters. The zero-order chi connectivity index (χ0) is 33.0. The van der Waals surface area contributed by atoms with Gasteiger partial charge in [0, 0.05) is 47.3 Å². The van der Waals surface area contributed by atoms with E-state index in [0.29, 0.717) is 12.8 Å². The molecule has 1 aliphatic carbocycles. The minimum Gasteiger partial charge on any atom is -0.454 e. The third kappa shape index (κ3) is 6.34. The average Bonchev–Trinajstić information content (AvgIpc) is 3.75. The molecule has 0 bridgehead atoms. The lowest BCUT2D eigenvalue weighted by molar-refractivity contribution is -0.437. The number of aryl methyl sites for hydroxylation is 1. The Kier molecular flexibility index (Phi) is 9.31. The number of fused-ring (bicyclic) bond motifs is 2. The molecule has 0 radical (unpaired) electrons. The molecule has 4 heteroatoms. The first-order valence-corrected chi connectivity index (χ1v) is 17.0. The van der Waals surface area contributed by atoms with Gasteiger partial charge in [-0.2, -0.15) is 4.58 Å². The largest absolute Gasteiger partial charge is 0.454 e. The highest BCUT2D eigenvalue weighted by Crippen LogP contribution is 2.47. The Morgan fingerprint density at radius 1 is 0.957 bits per heavy atom. The van der Waals surface area contributed by atoms with Gasteiger partial charge in [0.05, 0.1) is 5.41 Å². The number of ether oxygens (including phenoxy) is 1. The predicted molar refractivity (Wildman–Crippen MR) is 196 cm³/mol. The summed E-state index contributed by atoms with van der Waals surface area (Å²) < 4.78 is 8.24. The number of carbonyl (C=O) groups excluding carboxylic acids is 1. The number of hydrogen-bond donors (Lipinski definition) is 1. The standard InChI is InChI=1S/C43H46N2O2/c1-6-8-27-42(4)35-16-11-12-17-37(35)44-39(42)18-13-19-40-43(5,28-26-41(46)47-34-14-9-10-15-34)36-30-33(32-22-20-31(3)21-23-32)24-25-38(36)45(40)29-7-2/h6,8-25,30,34H,7,26-29H2,1-5H3/p+1/b8-6+. The van der Waals surface area contributed by atoms with E-state index in [9.17, 15) is 4.79 Å². The zero-order valence-electron chi connectivity index (χ0n) is 28.4. The van der Waals surface area contributed by atoms with Crippen LogP contribution in [-0.2, 0) is 20.4 Å². The number of nitrogens with one attached hydrogen (secondary N) is 1. The summed E-state index contributed by atoms with van der Waals surface area (Å²) >= 11 is 0. The monoisotopic (exact) mass is 623 g/mol. The Morgan fingerprint density at radius 3 is 2.45 bits per heavy atom. The molecule has 3 aromatic carbocycles. The van der Waals surface area contributed by atoms with E-state index < -0.39 is 0 Å². The molecule has 47 heavy (non-hydrogen) atoms. The molecule has 240 valence electrons. The third-order valence-electron chi connectivity index (χ3n) is 10.0. The molecule has 0 saturated heterocycles. The van der Waals surface area contributed by atoms with Crippen molar-refractivity contribution in [1.82, 2.24) is 0 Å². The predicted octanol–water partition coefficient (Wildman–Crippen LogP) is 10.0. The first-order valence-electron chi connectivity index (χ1n) is 17.0. The van der Waals surface area contributed by atoms with Gasteiger partial charge in [-0.25, -0.2) is 0 Å². The van der Waals surface area contributed by atoms with Crippen molar-refractivity contribution in [2.75, 3.05) is 11.9 Å². The molecule has 0 fully saturated rings. The van der Waals surface area contributed by atoms with Crippen LogP contribution in [0.3, 0.4) is 0 Å². The number of benzene rings is 3. The lowest BCUT2D eigenvalue weighted by Gasteiger charge is -2.25. The van der Waals surface area contributed by atoms with Crippen molar-refractivity contribution >= 4 is 23.1 Å². The molecule has 0 amide bonds. The van der Waals surface area contributed by atoms with Crippen LogP contribution < -0.4 is 5.32 Å². The number of esters is 1. The van der Waals surface area contributed by atoms with Gasteiger partial charge in [0.25, 0.3) is 0 Å². The van der Waals surface area contributed by atoms with E-state index in [4.69, 9.17) is 4.74 Å². The maximum absolute atomic E-state index is 13.1. The van der Waals surface area contributed by atoms with Gasteiger partial charge in [-0.05, 0) is 93.7 Å². The fourth-order valence-corrected chi connectivity index (χ4v) is 7.29. The van der Waals surface area contributed by atoms with E-state index in [0.717, 1.165) is 19.4 Å². The highest BCUT2D eigenvalue weighted by Gasteiger charge is 2.48. The Bertz CT molecular complexity index is 1830. The van der Waals surface area contributed by atoms with Gasteiger partial charge in [-0.1, -0.05) is 85.3 Å². The SMILES string of the molecule is C/C=C/CC1(C)/C(=C/C=C/C2=[N+](CCC)c3ccc(-c4ccc(C)cc4)cc3C2(C)CCC(=O)OC2C=CC=C2)Nc2ccccc21. The Balaban J connectivity index is 1.39. The summed E-state index contributed by atoms with van der Waals surface area (Å²) in [5.74, 6) is -0.171. The molecule has 3 aromatic rings. The first kappa shape index (κ1) is 32.2. The van der Waals surface area contributed by atoms with Crippen LogP contribution in [0.15, 0.2) is 127 Å². The van der Waals surface area contributed by atoms with Gasteiger partial charge < -0.3 is 10.1 Å². The summed E-state index contributed by atoms with van der Waals surface area (Å²) in [6, 6.07) is 24.2. The van der Waals surface area contributed by atoms with E-state index in [2.05, 4.69) is 142 Å². The normalized spacial score (nSPS) is 22.5. The molecule has 4 nitrogen and oxygen atoms in total. The van der Waals surface area contributed by atoms with Gasteiger partial charge in [-0.3, -0.25) is 4.79 Å². The Morgan fingerprint density at radius 2 is 1.70 bits per heavy atom. The van der Waals surface area contributed by atoms with Gasteiger partial charge in [-0.15, -0.1) is 0 Å². The smallest absolute Gasteiger partial charge is 0.306 e. The quantitative estimate of drug-likeness (QED) is 0.131. The van der Waals surface area contributed by atoms with Crippen molar-refractivity contribution in [3.05, 3.63) is 144 Å². The lowest BCUT2D eigenvalue weighted by Crippen LogP contribution is -2.32. The number of allylic oxidation sites excluding steroid dienone is 8. The topological polar surface area (TPSA) is 41.3 Å².